The van der Waals surface area contributed by atoms with E-state index in [-0.39, 0.29) is 5.91 Å². The fourth-order valence-corrected chi connectivity index (χ4v) is 2.73. The van der Waals surface area contributed by atoms with Crippen LogP contribution in [0.2, 0.25) is 5.02 Å². The highest BCUT2D eigenvalue weighted by Gasteiger charge is 2.10. The molecule has 5 nitrogen and oxygen atoms in total. The van der Waals surface area contributed by atoms with Crippen LogP contribution in [0.4, 0.5) is 5.95 Å². The summed E-state index contributed by atoms with van der Waals surface area (Å²) >= 11 is 5.88. The second-order valence-corrected chi connectivity index (χ2v) is 6.63. The van der Waals surface area contributed by atoms with Crippen LogP contribution in [0.25, 0.3) is 0 Å². The summed E-state index contributed by atoms with van der Waals surface area (Å²) in [6.45, 7) is 2.97. The number of carbonyl (C=O) groups excluding carboxylic acids is 1. The highest BCUT2D eigenvalue weighted by Crippen LogP contribution is 2.10. The van der Waals surface area contributed by atoms with Gasteiger partial charge in [0, 0.05) is 23.8 Å². The first-order valence-electron chi connectivity index (χ1n) is 8.76. The summed E-state index contributed by atoms with van der Waals surface area (Å²) < 4.78 is 0. The quantitative estimate of drug-likeness (QED) is 0.649. The first-order valence-corrected chi connectivity index (χ1v) is 9.14. The van der Waals surface area contributed by atoms with Crippen molar-refractivity contribution in [3.05, 3.63) is 88.2 Å². The number of anilines is 1. The first-order chi connectivity index (χ1) is 13.1. The third kappa shape index (κ3) is 5.79. The molecule has 0 fully saturated rings. The maximum absolute atomic E-state index is 12.4. The number of amides is 1. The van der Waals surface area contributed by atoms with Crippen LogP contribution < -0.4 is 10.6 Å². The topological polar surface area (TPSA) is 66.9 Å². The van der Waals surface area contributed by atoms with Gasteiger partial charge in [0.15, 0.2) is 0 Å². The molecule has 2 N–H and O–H groups in total. The predicted molar refractivity (Wildman–Crippen MR) is 108 cm³/mol. The van der Waals surface area contributed by atoms with E-state index >= 15 is 0 Å². The third-order valence-electron chi connectivity index (χ3n) is 3.99. The van der Waals surface area contributed by atoms with Crippen molar-refractivity contribution in [3.63, 3.8) is 0 Å². The summed E-state index contributed by atoms with van der Waals surface area (Å²) in [7, 11) is 0. The average Bonchev–Trinajstić information content (AvgIpc) is 2.68. The van der Waals surface area contributed by atoms with E-state index in [1.54, 1.807) is 6.07 Å². The summed E-state index contributed by atoms with van der Waals surface area (Å²) in [5, 5.41) is 6.77. The molecule has 0 spiro atoms. The number of rotatable bonds is 7. The zero-order valence-corrected chi connectivity index (χ0v) is 15.8. The molecule has 27 heavy (non-hydrogen) atoms. The Kier molecular flexibility index (Phi) is 6.39. The van der Waals surface area contributed by atoms with Gasteiger partial charge < -0.3 is 10.6 Å². The molecule has 0 aliphatic carbocycles. The second kappa shape index (κ2) is 9.14. The van der Waals surface area contributed by atoms with E-state index in [1.807, 2.05) is 61.5 Å². The lowest BCUT2D eigenvalue weighted by molar-refractivity contribution is 0.0949. The Bertz CT molecular complexity index is 898. The molecule has 0 bridgehead atoms. The summed E-state index contributed by atoms with van der Waals surface area (Å²) in [6, 6.07) is 19.3. The molecule has 138 valence electrons. The van der Waals surface area contributed by atoms with Gasteiger partial charge in [-0.05, 0) is 42.7 Å². The van der Waals surface area contributed by atoms with Gasteiger partial charge in [0.1, 0.15) is 5.69 Å². The van der Waals surface area contributed by atoms with Gasteiger partial charge in [-0.2, -0.15) is 0 Å². The molecule has 1 amide bonds. The molecule has 0 aliphatic heterocycles. The zero-order chi connectivity index (χ0) is 19.1. The van der Waals surface area contributed by atoms with Crippen molar-refractivity contribution in [1.29, 1.82) is 0 Å². The SMILES string of the molecule is Cc1cc(C(=O)NCCc2ccc(Cl)cc2)nc(NCc2ccccc2)n1. The number of halogens is 1. The molecule has 0 unspecified atom stereocenters. The van der Waals surface area contributed by atoms with Crippen LogP contribution in [0.5, 0.6) is 0 Å². The highest BCUT2D eigenvalue weighted by atomic mass is 35.5. The maximum Gasteiger partial charge on any atom is 0.270 e. The van der Waals surface area contributed by atoms with Gasteiger partial charge in [0.25, 0.3) is 5.91 Å². The number of hydrogen-bond donors (Lipinski definition) is 2. The molecule has 3 aromatic rings. The van der Waals surface area contributed by atoms with Crippen LogP contribution in [-0.2, 0) is 13.0 Å². The summed E-state index contributed by atoms with van der Waals surface area (Å²) in [4.78, 5) is 21.1. The van der Waals surface area contributed by atoms with E-state index in [0.29, 0.717) is 29.8 Å². The van der Waals surface area contributed by atoms with Crippen LogP contribution in [0.15, 0.2) is 60.7 Å². The Morgan fingerprint density at radius 1 is 1.00 bits per heavy atom. The van der Waals surface area contributed by atoms with Crippen molar-refractivity contribution in [3.8, 4) is 0 Å². The number of aryl methyl sites for hydroxylation is 1. The Balaban J connectivity index is 1.57. The highest BCUT2D eigenvalue weighted by molar-refractivity contribution is 6.30. The minimum Gasteiger partial charge on any atom is -0.350 e. The molecule has 2 aromatic carbocycles. The molecular weight excluding hydrogens is 360 g/mol. The van der Waals surface area contributed by atoms with Crippen LogP contribution in [0.1, 0.15) is 27.3 Å². The molecule has 0 aliphatic rings. The largest absolute Gasteiger partial charge is 0.350 e. The number of carbonyl (C=O) groups is 1. The molecule has 6 heteroatoms. The Morgan fingerprint density at radius 2 is 1.74 bits per heavy atom. The van der Waals surface area contributed by atoms with Gasteiger partial charge in [-0.25, -0.2) is 9.97 Å². The number of aromatic nitrogens is 2. The van der Waals surface area contributed by atoms with Gasteiger partial charge in [-0.3, -0.25) is 4.79 Å². The number of nitrogens with one attached hydrogen (secondary N) is 2. The van der Waals surface area contributed by atoms with Crippen molar-refractivity contribution < 1.29 is 4.79 Å². The van der Waals surface area contributed by atoms with Crippen molar-refractivity contribution in [2.45, 2.75) is 19.9 Å². The smallest absolute Gasteiger partial charge is 0.270 e. The standard InChI is InChI=1S/C21H21ClN4O/c1-15-13-19(20(27)23-12-11-16-7-9-18(22)10-8-16)26-21(25-15)24-14-17-5-3-2-4-6-17/h2-10,13H,11-12,14H2,1H3,(H,23,27)(H,24,25,26). The third-order valence-corrected chi connectivity index (χ3v) is 4.24. The normalized spacial score (nSPS) is 10.4. The van der Waals surface area contributed by atoms with Crippen LogP contribution in [0.3, 0.4) is 0 Å². The van der Waals surface area contributed by atoms with Crippen molar-refractivity contribution >= 4 is 23.5 Å². The monoisotopic (exact) mass is 380 g/mol. The molecule has 1 heterocycles. The second-order valence-electron chi connectivity index (χ2n) is 6.19. The maximum atomic E-state index is 12.4. The molecule has 1 aromatic heterocycles. The minimum absolute atomic E-state index is 0.211. The molecule has 0 saturated carbocycles. The van der Waals surface area contributed by atoms with Crippen LogP contribution in [0, 0.1) is 6.92 Å². The van der Waals surface area contributed by atoms with E-state index in [9.17, 15) is 4.79 Å². The van der Waals surface area contributed by atoms with E-state index in [2.05, 4.69) is 20.6 Å². The average molecular weight is 381 g/mol. The number of benzene rings is 2. The van der Waals surface area contributed by atoms with Gasteiger partial charge in [0.2, 0.25) is 5.95 Å². The molecular formula is C21H21ClN4O. The Morgan fingerprint density at radius 3 is 2.48 bits per heavy atom. The Labute approximate surface area is 163 Å². The van der Waals surface area contributed by atoms with Gasteiger partial charge in [-0.1, -0.05) is 54.1 Å². The lowest BCUT2D eigenvalue weighted by atomic mass is 10.1. The lowest BCUT2D eigenvalue weighted by Gasteiger charge is -2.09. The van der Waals surface area contributed by atoms with Gasteiger partial charge in [0.05, 0.1) is 0 Å². The van der Waals surface area contributed by atoms with Crippen LogP contribution >= 0.6 is 11.6 Å². The fourth-order valence-electron chi connectivity index (χ4n) is 2.60. The predicted octanol–water partition coefficient (Wildman–Crippen LogP) is 4.02. The van der Waals surface area contributed by atoms with E-state index in [0.717, 1.165) is 23.2 Å². The van der Waals surface area contributed by atoms with Crippen molar-refractivity contribution in [2.75, 3.05) is 11.9 Å². The summed E-state index contributed by atoms with van der Waals surface area (Å²) in [6.07, 6.45) is 0.728. The molecule has 3 rings (SSSR count). The summed E-state index contributed by atoms with van der Waals surface area (Å²) in [5.41, 5.74) is 3.33. The van der Waals surface area contributed by atoms with Crippen molar-refractivity contribution in [1.82, 2.24) is 15.3 Å². The molecule has 0 radical (unpaired) electrons. The first kappa shape index (κ1) is 18.9. The summed E-state index contributed by atoms with van der Waals surface area (Å²) in [5.74, 6) is 0.235. The van der Waals surface area contributed by atoms with E-state index in [4.69, 9.17) is 11.6 Å². The number of hydrogen-bond acceptors (Lipinski definition) is 4. The van der Waals surface area contributed by atoms with E-state index < -0.39 is 0 Å². The van der Waals surface area contributed by atoms with Crippen molar-refractivity contribution in [2.24, 2.45) is 0 Å². The van der Waals surface area contributed by atoms with E-state index in [1.165, 1.54) is 0 Å². The Hall–Kier alpha value is -2.92. The molecule has 0 saturated heterocycles. The lowest BCUT2D eigenvalue weighted by Crippen LogP contribution is -2.27. The van der Waals surface area contributed by atoms with Gasteiger partial charge in [-0.15, -0.1) is 0 Å². The van der Waals surface area contributed by atoms with Gasteiger partial charge >= 0.3 is 0 Å². The number of nitrogens with zero attached hydrogens (tertiary/aromatic N) is 2. The zero-order valence-electron chi connectivity index (χ0n) is 15.1. The van der Waals surface area contributed by atoms with Crippen LogP contribution in [-0.4, -0.2) is 22.4 Å². The fraction of sp³-hybridized carbons (Fsp3) is 0.190. The minimum atomic E-state index is -0.211. The molecule has 0 atom stereocenters.